The van der Waals surface area contributed by atoms with E-state index in [-0.39, 0.29) is 18.3 Å². The van der Waals surface area contributed by atoms with Crippen molar-refractivity contribution >= 4 is 21.9 Å². The third kappa shape index (κ3) is 4.63. The van der Waals surface area contributed by atoms with Crippen LogP contribution in [0.3, 0.4) is 0 Å². The van der Waals surface area contributed by atoms with Gasteiger partial charge in [-0.3, -0.25) is 9.78 Å². The number of rotatable bonds is 6. The van der Waals surface area contributed by atoms with Crippen LogP contribution in [0.1, 0.15) is 41.5 Å². The molecule has 0 atom stereocenters. The van der Waals surface area contributed by atoms with Crippen molar-refractivity contribution < 1.29 is 13.2 Å². The van der Waals surface area contributed by atoms with Gasteiger partial charge in [0.25, 0.3) is 16.1 Å². The molecule has 4 heterocycles. The molecule has 0 aliphatic carbocycles. The summed E-state index contributed by atoms with van der Waals surface area (Å²) >= 11 is 0. The summed E-state index contributed by atoms with van der Waals surface area (Å²) in [6.45, 7) is 4.60. The molecule has 1 N–H and O–H groups in total. The van der Waals surface area contributed by atoms with Crippen molar-refractivity contribution in [1.82, 2.24) is 33.3 Å². The second-order valence-electron chi connectivity index (χ2n) is 8.23. The number of aromatic nitrogens is 5. The van der Waals surface area contributed by atoms with Crippen molar-refractivity contribution in [2.24, 2.45) is 0 Å². The smallest absolute Gasteiger partial charge is 0.281 e. The summed E-state index contributed by atoms with van der Waals surface area (Å²) in [5.74, 6) is 0.530. The summed E-state index contributed by atoms with van der Waals surface area (Å²) in [4.78, 5) is 21.6. The minimum absolute atomic E-state index is 0.158. The fraction of sp³-hybridized carbons (Fsp3) is 0.381. The number of fused-ring (bicyclic) bond motifs is 1. The normalized spacial score (nSPS) is 14.5. The molecule has 174 valence electrons. The second-order valence-corrected chi connectivity index (χ2v) is 10.4. The molecule has 0 fully saturated rings. The van der Waals surface area contributed by atoms with E-state index in [0.717, 1.165) is 11.1 Å². The topological polar surface area (TPSA) is 126 Å². The summed E-state index contributed by atoms with van der Waals surface area (Å²) in [5.41, 5.74) is 2.47. The zero-order valence-corrected chi connectivity index (χ0v) is 19.7. The van der Waals surface area contributed by atoms with Crippen LogP contribution in [-0.4, -0.2) is 68.3 Å². The molecule has 0 unspecified atom stereocenters. The molecule has 0 radical (unpaired) electrons. The van der Waals surface area contributed by atoms with Gasteiger partial charge in [-0.25, -0.2) is 4.98 Å². The first-order valence-corrected chi connectivity index (χ1v) is 11.9. The molecular formula is C21H26N8O3S. The first kappa shape index (κ1) is 23.0. The number of anilines is 1. The molecule has 0 saturated heterocycles. The van der Waals surface area contributed by atoms with Gasteiger partial charge in [0.1, 0.15) is 23.5 Å². The van der Waals surface area contributed by atoms with Gasteiger partial charge in [-0.1, -0.05) is 6.07 Å². The van der Waals surface area contributed by atoms with Crippen LogP contribution in [0.15, 0.2) is 36.8 Å². The highest BCUT2D eigenvalue weighted by Crippen LogP contribution is 2.23. The molecule has 1 aliphatic heterocycles. The predicted molar refractivity (Wildman–Crippen MR) is 123 cm³/mol. The van der Waals surface area contributed by atoms with Crippen LogP contribution < -0.4 is 5.32 Å². The van der Waals surface area contributed by atoms with Crippen LogP contribution in [0.4, 0.5) is 5.82 Å². The largest absolute Gasteiger partial charge is 0.310 e. The number of nitrogens with one attached hydrogen (secondary N) is 1. The summed E-state index contributed by atoms with van der Waals surface area (Å²) in [6, 6.07) is 7.06. The van der Waals surface area contributed by atoms with Crippen molar-refractivity contribution in [2.75, 3.05) is 26.0 Å². The fourth-order valence-corrected chi connectivity index (χ4v) is 4.66. The Morgan fingerprint density at radius 2 is 2.00 bits per heavy atom. The summed E-state index contributed by atoms with van der Waals surface area (Å²) < 4.78 is 29.5. The van der Waals surface area contributed by atoms with Gasteiger partial charge in [-0.05, 0) is 49.6 Å². The van der Waals surface area contributed by atoms with E-state index < -0.39 is 16.1 Å². The van der Waals surface area contributed by atoms with Gasteiger partial charge in [0.2, 0.25) is 0 Å². The highest BCUT2D eigenvalue weighted by atomic mass is 32.2. The summed E-state index contributed by atoms with van der Waals surface area (Å²) in [6.07, 6.45) is 3.82. The van der Waals surface area contributed by atoms with E-state index in [1.54, 1.807) is 36.8 Å². The lowest BCUT2D eigenvalue weighted by molar-refractivity contribution is 0.102. The van der Waals surface area contributed by atoms with E-state index in [9.17, 15) is 13.2 Å². The van der Waals surface area contributed by atoms with E-state index in [4.69, 9.17) is 0 Å². The minimum Gasteiger partial charge on any atom is -0.310 e. The number of hydrogen-bond donors (Lipinski definition) is 1. The van der Waals surface area contributed by atoms with Crippen LogP contribution in [-0.2, 0) is 23.2 Å². The monoisotopic (exact) mass is 470 g/mol. The maximum Gasteiger partial charge on any atom is 0.281 e. The molecule has 3 aromatic rings. The summed E-state index contributed by atoms with van der Waals surface area (Å²) in [7, 11) is -0.536. The molecule has 1 amide bonds. The molecule has 11 nitrogen and oxygen atoms in total. The lowest BCUT2D eigenvalue weighted by atomic mass is 10.0. The Hall–Kier alpha value is -3.22. The average molecular weight is 471 g/mol. The quantitative estimate of drug-likeness (QED) is 0.581. The maximum atomic E-state index is 12.9. The number of pyridine rings is 2. The standard InChI is InChI=1S/C21H26N8O3S/c1-14(2)29-13-23-26-20(29)17-6-5-7-19(24-17)25-21(30)18-10-16-12-28(33(31,32)27(3)4)9-8-15(16)11-22-18/h5-7,10-11,13-14H,8-9,12H2,1-4H3,(H,24,25,30). The SMILES string of the molecule is CC(C)n1cnnc1-c1cccc(NC(=O)c2cc3c(cn2)CCN(S(=O)(=O)N(C)C)C3)n1. The van der Waals surface area contributed by atoms with E-state index in [0.29, 0.717) is 30.3 Å². The number of amides is 1. The van der Waals surface area contributed by atoms with Gasteiger partial charge in [0.05, 0.1) is 0 Å². The second kappa shape index (κ2) is 8.96. The van der Waals surface area contributed by atoms with Gasteiger partial charge >= 0.3 is 0 Å². The number of carbonyl (C=O) groups excluding carboxylic acids is 1. The van der Waals surface area contributed by atoms with Crippen LogP contribution >= 0.6 is 0 Å². The maximum absolute atomic E-state index is 12.9. The van der Waals surface area contributed by atoms with Gasteiger partial charge in [-0.2, -0.15) is 17.0 Å². The van der Waals surface area contributed by atoms with Crippen molar-refractivity contribution in [3.8, 4) is 11.5 Å². The average Bonchev–Trinajstić information content (AvgIpc) is 3.29. The van der Waals surface area contributed by atoms with Gasteiger partial charge < -0.3 is 9.88 Å². The number of nitrogens with zero attached hydrogens (tertiary/aromatic N) is 7. The van der Waals surface area contributed by atoms with Gasteiger partial charge in [0.15, 0.2) is 5.82 Å². The predicted octanol–water partition coefficient (Wildman–Crippen LogP) is 1.73. The zero-order chi connectivity index (χ0) is 23.8. The Kier molecular flexibility index (Phi) is 6.23. The molecule has 3 aromatic heterocycles. The first-order valence-electron chi connectivity index (χ1n) is 10.5. The Balaban J connectivity index is 1.54. The molecule has 12 heteroatoms. The first-order chi connectivity index (χ1) is 15.7. The Morgan fingerprint density at radius 3 is 2.73 bits per heavy atom. The molecule has 0 aromatic carbocycles. The van der Waals surface area contributed by atoms with Crippen molar-refractivity contribution in [3.05, 3.63) is 53.6 Å². The Labute approximate surface area is 192 Å². The summed E-state index contributed by atoms with van der Waals surface area (Å²) in [5, 5.41) is 10.9. The van der Waals surface area contributed by atoms with Crippen molar-refractivity contribution in [3.63, 3.8) is 0 Å². The number of hydrogen-bond acceptors (Lipinski definition) is 7. The third-order valence-corrected chi connectivity index (χ3v) is 7.32. The van der Waals surface area contributed by atoms with Crippen LogP contribution in [0.25, 0.3) is 11.5 Å². The van der Waals surface area contributed by atoms with E-state index in [1.807, 2.05) is 18.4 Å². The van der Waals surface area contributed by atoms with E-state index in [2.05, 4.69) is 25.5 Å². The molecule has 33 heavy (non-hydrogen) atoms. The van der Waals surface area contributed by atoms with E-state index in [1.165, 1.54) is 22.7 Å². The van der Waals surface area contributed by atoms with Gasteiger partial charge in [-0.15, -0.1) is 10.2 Å². The minimum atomic E-state index is -3.54. The fourth-order valence-electron chi connectivity index (χ4n) is 3.58. The molecule has 1 aliphatic rings. The lowest BCUT2D eigenvalue weighted by Gasteiger charge is -2.30. The molecule has 0 spiro atoms. The third-order valence-electron chi connectivity index (χ3n) is 5.43. The van der Waals surface area contributed by atoms with Crippen LogP contribution in [0.2, 0.25) is 0 Å². The zero-order valence-electron chi connectivity index (χ0n) is 18.9. The highest BCUT2D eigenvalue weighted by molar-refractivity contribution is 7.86. The number of carbonyl (C=O) groups is 1. The lowest BCUT2D eigenvalue weighted by Crippen LogP contribution is -2.42. The molecule has 0 saturated carbocycles. The Bertz CT molecular complexity index is 1290. The molecule has 4 rings (SSSR count). The van der Waals surface area contributed by atoms with Crippen molar-refractivity contribution in [2.45, 2.75) is 32.9 Å². The highest BCUT2D eigenvalue weighted by Gasteiger charge is 2.29. The molecule has 0 bridgehead atoms. The van der Waals surface area contributed by atoms with Gasteiger partial charge in [0, 0.05) is 39.4 Å². The van der Waals surface area contributed by atoms with Crippen molar-refractivity contribution in [1.29, 1.82) is 0 Å². The molecular weight excluding hydrogens is 444 g/mol. The van der Waals surface area contributed by atoms with Crippen LogP contribution in [0, 0.1) is 0 Å². The van der Waals surface area contributed by atoms with E-state index >= 15 is 0 Å². The Morgan fingerprint density at radius 1 is 1.21 bits per heavy atom. The van der Waals surface area contributed by atoms with Crippen LogP contribution in [0.5, 0.6) is 0 Å².